The van der Waals surface area contributed by atoms with E-state index in [0.717, 1.165) is 0 Å². The van der Waals surface area contributed by atoms with Crippen molar-refractivity contribution in [3.05, 3.63) is 77.9 Å². The minimum absolute atomic E-state index is 0.109. The molecule has 0 aliphatic rings. The largest absolute Gasteiger partial charge is 0.497 e. The number of nitrogen functional groups attached to an aromatic ring is 1. The number of anilines is 1. The minimum atomic E-state index is -0.264. The number of nitrogens with one attached hydrogen (secondary N) is 1. The molecule has 0 aromatic heterocycles. The number of rotatable bonds is 9. The van der Waals surface area contributed by atoms with Gasteiger partial charge >= 0.3 is 0 Å². The minimum Gasteiger partial charge on any atom is -0.497 e. The van der Waals surface area contributed by atoms with Crippen molar-refractivity contribution in [1.29, 1.82) is 0 Å². The van der Waals surface area contributed by atoms with Crippen LogP contribution < -0.4 is 25.3 Å². The van der Waals surface area contributed by atoms with Gasteiger partial charge in [-0.25, -0.2) is 0 Å². The van der Waals surface area contributed by atoms with Crippen LogP contribution in [0.5, 0.6) is 23.0 Å². The molecule has 3 aromatic carbocycles. The van der Waals surface area contributed by atoms with E-state index in [9.17, 15) is 9.59 Å². The smallest absolute Gasteiger partial charge is 0.251 e. The predicted octanol–water partition coefficient (Wildman–Crippen LogP) is 4.08. The Labute approximate surface area is 180 Å². The van der Waals surface area contributed by atoms with E-state index in [4.69, 9.17) is 19.9 Å². The summed E-state index contributed by atoms with van der Waals surface area (Å²) in [5.41, 5.74) is 7.26. The van der Waals surface area contributed by atoms with Gasteiger partial charge in [0.2, 0.25) is 0 Å². The molecule has 0 aliphatic heterocycles. The second kappa shape index (κ2) is 10.2. The van der Waals surface area contributed by atoms with Crippen molar-refractivity contribution in [3.63, 3.8) is 0 Å². The highest BCUT2D eigenvalue weighted by molar-refractivity contribution is 6.02. The van der Waals surface area contributed by atoms with E-state index in [1.54, 1.807) is 80.9 Å². The Kier molecular flexibility index (Phi) is 7.11. The summed E-state index contributed by atoms with van der Waals surface area (Å²) < 4.78 is 16.0. The van der Waals surface area contributed by atoms with E-state index in [-0.39, 0.29) is 30.3 Å². The van der Waals surface area contributed by atoms with Crippen LogP contribution in [-0.2, 0) is 0 Å². The zero-order chi connectivity index (χ0) is 22.2. The van der Waals surface area contributed by atoms with E-state index >= 15 is 0 Å². The van der Waals surface area contributed by atoms with Crippen LogP contribution in [-0.4, -0.2) is 32.5 Å². The SMILES string of the molecule is COc1ccc(Oc2cccc(C(=O)CCNC(=O)c3ccc(OC)cc3)c2N)cc1. The van der Waals surface area contributed by atoms with Gasteiger partial charge in [-0.05, 0) is 60.7 Å². The third-order valence-electron chi connectivity index (χ3n) is 4.64. The zero-order valence-electron chi connectivity index (χ0n) is 17.4. The molecule has 1 amide bonds. The lowest BCUT2D eigenvalue weighted by atomic mass is 10.1. The zero-order valence-corrected chi connectivity index (χ0v) is 17.4. The van der Waals surface area contributed by atoms with Gasteiger partial charge < -0.3 is 25.3 Å². The van der Waals surface area contributed by atoms with Crippen molar-refractivity contribution in [3.8, 4) is 23.0 Å². The number of ether oxygens (including phenoxy) is 3. The number of carbonyl (C=O) groups is 2. The molecule has 3 rings (SSSR count). The van der Waals surface area contributed by atoms with E-state index in [1.165, 1.54) is 0 Å². The van der Waals surface area contributed by atoms with Crippen molar-refractivity contribution in [2.24, 2.45) is 0 Å². The predicted molar refractivity (Wildman–Crippen MR) is 118 cm³/mol. The second-order valence-corrected chi connectivity index (χ2v) is 6.65. The van der Waals surface area contributed by atoms with Crippen molar-refractivity contribution >= 4 is 17.4 Å². The number of nitrogens with two attached hydrogens (primary N) is 1. The second-order valence-electron chi connectivity index (χ2n) is 6.65. The number of benzene rings is 3. The molecule has 0 unspecified atom stereocenters. The van der Waals surface area contributed by atoms with E-state index in [1.807, 2.05) is 0 Å². The van der Waals surface area contributed by atoms with Crippen molar-refractivity contribution in [1.82, 2.24) is 5.32 Å². The Bertz CT molecular complexity index is 1050. The molecule has 0 aliphatic carbocycles. The van der Waals surface area contributed by atoms with E-state index in [0.29, 0.717) is 34.1 Å². The van der Waals surface area contributed by atoms with Gasteiger partial charge in [-0.15, -0.1) is 0 Å². The molecular weight excluding hydrogens is 396 g/mol. The molecule has 7 heteroatoms. The summed E-state index contributed by atoms with van der Waals surface area (Å²) in [6.45, 7) is 0.187. The molecule has 0 saturated carbocycles. The van der Waals surface area contributed by atoms with Gasteiger partial charge in [0.1, 0.15) is 17.2 Å². The fourth-order valence-corrected chi connectivity index (χ4v) is 2.92. The number of amides is 1. The van der Waals surface area contributed by atoms with Gasteiger partial charge in [0, 0.05) is 24.1 Å². The summed E-state index contributed by atoms with van der Waals surface area (Å²) in [6.07, 6.45) is 0.109. The van der Waals surface area contributed by atoms with Crippen LogP contribution in [0.4, 0.5) is 5.69 Å². The number of ketones is 1. The maximum atomic E-state index is 12.6. The van der Waals surface area contributed by atoms with Crippen molar-refractivity contribution < 1.29 is 23.8 Å². The first-order valence-electron chi connectivity index (χ1n) is 9.67. The molecule has 0 fully saturated rings. The topological polar surface area (TPSA) is 99.9 Å². The lowest BCUT2D eigenvalue weighted by Gasteiger charge is -2.12. The van der Waals surface area contributed by atoms with Crippen molar-refractivity contribution in [2.75, 3.05) is 26.5 Å². The van der Waals surface area contributed by atoms with Crippen LogP contribution in [0.3, 0.4) is 0 Å². The molecule has 3 aromatic rings. The monoisotopic (exact) mass is 420 g/mol. The lowest BCUT2D eigenvalue weighted by molar-refractivity contribution is 0.0940. The summed E-state index contributed by atoms with van der Waals surface area (Å²) >= 11 is 0. The number of hydrogen-bond acceptors (Lipinski definition) is 6. The van der Waals surface area contributed by atoms with Crippen LogP contribution >= 0.6 is 0 Å². The average molecular weight is 420 g/mol. The molecular formula is C24H24N2O5. The van der Waals surface area contributed by atoms with Crippen LogP contribution in [0.2, 0.25) is 0 Å². The molecule has 160 valence electrons. The first kappa shape index (κ1) is 21.7. The first-order chi connectivity index (χ1) is 15.0. The van der Waals surface area contributed by atoms with Crippen LogP contribution in [0.25, 0.3) is 0 Å². The maximum Gasteiger partial charge on any atom is 0.251 e. The van der Waals surface area contributed by atoms with Crippen LogP contribution in [0.15, 0.2) is 66.7 Å². The van der Waals surface area contributed by atoms with Gasteiger partial charge in [-0.1, -0.05) is 6.07 Å². The summed E-state index contributed by atoms with van der Waals surface area (Å²) in [4.78, 5) is 24.9. The Morgan fingerprint density at radius 3 is 2.03 bits per heavy atom. The quantitative estimate of drug-likeness (QED) is 0.400. The van der Waals surface area contributed by atoms with Gasteiger partial charge in [-0.3, -0.25) is 9.59 Å². The Morgan fingerprint density at radius 2 is 1.42 bits per heavy atom. The molecule has 0 saturated heterocycles. The van der Waals surface area contributed by atoms with Gasteiger partial charge in [0.15, 0.2) is 11.5 Å². The summed E-state index contributed by atoms with van der Waals surface area (Å²) in [7, 11) is 3.14. The third kappa shape index (κ3) is 5.54. The molecule has 3 N–H and O–H groups in total. The van der Waals surface area contributed by atoms with Gasteiger partial charge in [0.05, 0.1) is 19.9 Å². The Balaban J connectivity index is 1.59. The Morgan fingerprint density at radius 1 is 0.839 bits per heavy atom. The molecule has 0 radical (unpaired) electrons. The highest BCUT2D eigenvalue weighted by Gasteiger charge is 2.15. The standard InChI is InChI=1S/C24H24N2O5/c1-29-17-8-6-16(7-9-17)24(28)26-15-14-21(27)20-4-3-5-22(23(20)25)31-19-12-10-18(30-2)11-13-19/h3-13H,14-15,25H2,1-2H3,(H,26,28). The highest BCUT2D eigenvalue weighted by Crippen LogP contribution is 2.31. The van der Waals surface area contributed by atoms with E-state index < -0.39 is 0 Å². The number of hydrogen-bond donors (Lipinski definition) is 2. The molecule has 0 heterocycles. The number of methoxy groups -OCH3 is 2. The maximum absolute atomic E-state index is 12.6. The van der Waals surface area contributed by atoms with Gasteiger partial charge in [0.25, 0.3) is 5.91 Å². The fourth-order valence-electron chi connectivity index (χ4n) is 2.92. The summed E-state index contributed by atoms with van der Waals surface area (Å²) in [5.74, 6) is 1.88. The van der Waals surface area contributed by atoms with E-state index in [2.05, 4.69) is 5.32 Å². The summed E-state index contributed by atoms with van der Waals surface area (Å²) in [6, 6.07) is 18.8. The van der Waals surface area contributed by atoms with Crippen molar-refractivity contribution in [2.45, 2.75) is 6.42 Å². The number of para-hydroxylation sites is 1. The van der Waals surface area contributed by atoms with Gasteiger partial charge in [-0.2, -0.15) is 0 Å². The molecule has 0 bridgehead atoms. The van der Waals surface area contributed by atoms with Crippen LogP contribution in [0.1, 0.15) is 27.1 Å². The normalized spacial score (nSPS) is 10.3. The number of Topliss-reactive ketones (excluding diaryl/α,β-unsaturated/α-hetero) is 1. The fraction of sp³-hybridized carbons (Fsp3) is 0.167. The Hall–Kier alpha value is -4.00. The highest BCUT2D eigenvalue weighted by atomic mass is 16.5. The molecule has 0 atom stereocenters. The molecule has 31 heavy (non-hydrogen) atoms. The lowest BCUT2D eigenvalue weighted by Crippen LogP contribution is -2.26. The van der Waals surface area contributed by atoms with Crippen LogP contribution in [0, 0.1) is 0 Å². The first-order valence-corrected chi connectivity index (χ1v) is 9.67. The number of carbonyl (C=O) groups excluding carboxylic acids is 2. The third-order valence-corrected chi connectivity index (χ3v) is 4.64. The summed E-state index contributed by atoms with van der Waals surface area (Å²) in [5, 5.41) is 2.74. The average Bonchev–Trinajstić information content (AvgIpc) is 2.80. The molecule has 0 spiro atoms. The molecule has 7 nitrogen and oxygen atoms in total.